The third-order valence-electron chi connectivity index (χ3n) is 6.10. The van der Waals surface area contributed by atoms with Crippen LogP contribution in [0.3, 0.4) is 0 Å². The van der Waals surface area contributed by atoms with E-state index in [9.17, 15) is 18.0 Å². The molecule has 0 spiro atoms. The fourth-order valence-corrected chi connectivity index (χ4v) is 4.37. The molecule has 1 unspecified atom stereocenters. The monoisotopic (exact) mass is 506 g/mol. The number of anilines is 1. The Morgan fingerprint density at radius 1 is 1.14 bits per heavy atom. The number of rotatable bonds is 4. The van der Waals surface area contributed by atoms with Crippen molar-refractivity contribution in [3.8, 4) is 34.9 Å². The van der Waals surface area contributed by atoms with Crippen LogP contribution in [-0.2, 0) is 11.0 Å². The van der Waals surface area contributed by atoms with Crippen molar-refractivity contribution in [1.29, 1.82) is 0 Å². The average Bonchev–Trinajstić information content (AvgIpc) is 3.51. The first-order valence-corrected chi connectivity index (χ1v) is 11.4. The van der Waals surface area contributed by atoms with Gasteiger partial charge in [0.2, 0.25) is 11.8 Å². The Morgan fingerprint density at radius 3 is 2.62 bits per heavy atom. The normalized spacial score (nSPS) is 15.5. The second-order valence-corrected chi connectivity index (χ2v) is 8.46. The first-order valence-electron chi connectivity index (χ1n) is 11.4. The highest BCUT2D eigenvalue weighted by atomic mass is 19.4. The van der Waals surface area contributed by atoms with Crippen LogP contribution in [0.15, 0.2) is 54.9 Å². The number of halogens is 3. The summed E-state index contributed by atoms with van der Waals surface area (Å²) in [4.78, 5) is 26.9. The van der Waals surface area contributed by atoms with Crippen molar-refractivity contribution in [2.75, 3.05) is 18.8 Å². The Balaban J connectivity index is 1.44. The van der Waals surface area contributed by atoms with Gasteiger partial charge in [-0.1, -0.05) is 5.92 Å². The molecule has 1 aromatic carbocycles. The molecule has 1 fully saturated rings. The highest BCUT2D eigenvalue weighted by Gasteiger charge is 2.32. The number of carbonyl (C=O) groups excluding carboxylic acids is 1. The van der Waals surface area contributed by atoms with E-state index in [0.717, 1.165) is 36.0 Å². The summed E-state index contributed by atoms with van der Waals surface area (Å²) in [6.07, 6.45) is -1.10. The molecule has 37 heavy (non-hydrogen) atoms. The van der Waals surface area contributed by atoms with Crippen LogP contribution in [0, 0.1) is 11.8 Å². The van der Waals surface area contributed by atoms with Crippen LogP contribution < -0.4 is 10.5 Å². The molecule has 4 aromatic rings. The molecule has 4 heterocycles. The number of ether oxygens (including phenoxy) is 1. The average molecular weight is 506 g/mol. The van der Waals surface area contributed by atoms with Crippen molar-refractivity contribution >= 4 is 17.4 Å². The minimum atomic E-state index is -4.49. The molecule has 11 heteroatoms. The number of hydrogen-bond donors (Lipinski definition) is 1. The maximum Gasteiger partial charge on any atom is 0.416 e. The number of hydrogen-bond acceptors (Lipinski definition) is 6. The van der Waals surface area contributed by atoms with Crippen LogP contribution in [0.2, 0.25) is 0 Å². The number of aromatic nitrogens is 4. The number of nitrogens with zero attached hydrogens (tertiary/aromatic N) is 5. The maximum absolute atomic E-state index is 13.0. The van der Waals surface area contributed by atoms with Crippen molar-refractivity contribution < 1.29 is 22.7 Å². The highest BCUT2D eigenvalue weighted by Crippen LogP contribution is 2.35. The molecule has 2 N–H and O–H groups in total. The van der Waals surface area contributed by atoms with Gasteiger partial charge >= 0.3 is 6.18 Å². The van der Waals surface area contributed by atoms with E-state index in [1.807, 2.05) is 6.07 Å². The SMILES string of the molecule is CC#CC(=O)N1CCC(c2nc(-c3ccc(Oc4cc(C(F)(F)F)ccn4)cc3)n3c(N)nccc23)C1. The lowest BCUT2D eigenvalue weighted by Gasteiger charge is -2.12. The molecule has 5 rings (SSSR count). The lowest BCUT2D eigenvalue weighted by molar-refractivity contribution is -0.137. The zero-order valence-electron chi connectivity index (χ0n) is 19.7. The summed E-state index contributed by atoms with van der Waals surface area (Å²) in [5, 5.41) is 0. The molecule has 188 valence electrons. The van der Waals surface area contributed by atoms with Gasteiger partial charge in [0.1, 0.15) is 11.6 Å². The zero-order chi connectivity index (χ0) is 26.2. The fraction of sp³-hybridized carbons (Fsp3) is 0.231. The first kappa shape index (κ1) is 24.1. The van der Waals surface area contributed by atoms with Gasteiger partial charge in [-0.05, 0) is 55.7 Å². The number of pyridine rings is 1. The van der Waals surface area contributed by atoms with Crippen LogP contribution in [0.25, 0.3) is 16.9 Å². The van der Waals surface area contributed by atoms with Gasteiger partial charge < -0.3 is 15.4 Å². The van der Waals surface area contributed by atoms with Crippen LogP contribution in [0.4, 0.5) is 19.1 Å². The van der Waals surface area contributed by atoms with E-state index in [4.69, 9.17) is 15.5 Å². The Hall–Kier alpha value is -4.59. The summed E-state index contributed by atoms with van der Waals surface area (Å²) in [5.74, 6) is 5.96. The summed E-state index contributed by atoms with van der Waals surface area (Å²) in [6, 6.07) is 10.2. The molecule has 0 bridgehead atoms. The van der Waals surface area contributed by atoms with Crippen LogP contribution in [-0.4, -0.2) is 43.2 Å². The second kappa shape index (κ2) is 9.46. The molecule has 1 atom stereocenters. The van der Waals surface area contributed by atoms with Crippen molar-refractivity contribution in [3.05, 3.63) is 66.1 Å². The standard InChI is InChI=1S/C26H21F3N6O2/c1-2-3-22(36)34-13-10-17(15-34)23-20-9-12-32-25(30)35(20)24(33-23)16-4-6-19(7-5-16)37-21-14-18(8-11-31-21)26(27,28)29/h4-9,11-12,14,17H,10,13,15H2,1H3,(H2,30,32). The largest absolute Gasteiger partial charge is 0.439 e. The molecule has 8 nitrogen and oxygen atoms in total. The van der Waals surface area contributed by atoms with Crippen LogP contribution in [0.1, 0.15) is 30.5 Å². The number of imidazole rings is 1. The van der Waals surface area contributed by atoms with Gasteiger partial charge in [0, 0.05) is 43.0 Å². The molecule has 0 saturated carbocycles. The number of nitrogen functional groups attached to an aromatic ring is 1. The number of likely N-dealkylation sites (tertiary alicyclic amines) is 1. The second-order valence-electron chi connectivity index (χ2n) is 8.46. The van der Waals surface area contributed by atoms with Crippen molar-refractivity contribution in [2.24, 2.45) is 0 Å². The maximum atomic E-state index is 13.0. The topological polar surface area (TPSA) is 98.6 Å². The number of nitrogens with two attached hydrogens (primary N) is 1. The first-order chi connectivity index (χ1) is 17.7. The van der Waals surface area contributed by atoms with E-state index < -0.39 is 11.7 Å². The van der Waals surface area contributed by atoms with E-state index in [-0.39, 0.29) is 23.7 Å². The Bertz CT molecular complexity index is 1540. The van der Waals surface area contributed by atoms with Gasteiger partial charge in [0.05, 0.1) is 16.8 Å². The van der Waals surface area contributed by atoms with Gasteiger partial charge in [-0.15, -0.1) is 0 Å². The van der Waals surface area contributed by atoms with Crippen LogP contribution >= 0.6 is 0 Å². The summed E-state index contributed by atoms with van der Waals surface area (Å²) in [7, 11) is 0. The van der Waals surface area contributed by atoms with Crippen molar-refractivity contribution in [2.45, 2.75) is 25.4 Å². The molecule has 1 aliphatic heterocycles. The van der Waals surface area contributed by atoms with Gasteiger partial charge in [-0.2, -0.15) is 13.2 Å². The van der Waals surface area contributed by atoms with Crippen molar-refractivity contribution in [3.63, 3.8) is 0 Å². The fourth-order valence-electron chi connectivity index (χ4n) is 4.37. The molecule has 1 aliphatic rings. The van der Waals surface area contributed by atoms with E-state index in [1.165, 1.54) is 0 Å². The Morgan fingerprint density at radius 2 is 1.89 bits per heavy atom. The summed E-state index contributed by atoms with van der Waals surface area (Å²) in [6.45, 7) is 2.71. The summed E-state index contributed by atoms with van der Waals surface area (Å²) >= 11 is 0. The quantitative estimate of drug-likeness (QED) is 0.409. The number of benzene rings is 1. The summed E-state index contributed by atoms with van der Waals surface area (Å²) < 4.78 is 46.2. The van der Waals surface area contributed by atoms with E-state index in [2.05, 4.69) is 21.8 Å². The molecule has 3 aromatic heterocycles. The predicted octanol–water partition coefficient (Wildman–Crippen LogP) is 4.52. The molecular formula is C26H21F3N6O2. The predicted molar refractivity (Wildman–Crippen MR) is 130 cm³/mol. The van der Waals surface area contributed by atoms with Crippen molar-refractivity contribution in [1.82, 2.24) is 24.3 Å². The number of alkyl halides is 3. The zero-order valence-corrected chi connectivity index (χ0v) is 19.7. The molecular weight excluding hydrogens is 485 g/mol. The van der Waals surface area contributed by atoms with Gasteiger partial charge in [-0.3, -0.25) is 9.20 Å². The Kier molecular flexibility index (Phi) is 6.17. The minimum Gasteiger partial charge on any atom is -0.439 e. The molecule has 0 radical (unpaired) electrons. The van der Waals surface area contributed by atoms with Gasteiger partial charge in [-0.25, -0.2) is 15.0 Å². The van der Waals surface area contributed by atoms with E-state index in [1.54, 1.807) is 46.7 Å². The number of carbonyl (C=O) groups is 1. The summed E-state index contributed by atoms with van der Waals surface area (Å²) in [5.41, 5.74) is 7.66. The van der Waals surface area contributed by atoms with E-state index in [0.29, 0.717) is 30.2 Å². The minimum absolute atomic E-state index is 0.00254. The van der Waals surface area contributed by atoms with Gasteiger partial charge in [0.15, 0.2) is 0 Å². The molecule has 1 saturated heterocycles. The highest BCUT2D eigenvalue weighted by molar-refractivity contribution is 5.93. The van der Waals surface area contributed by atoms with Gasteiger partial charge in [0.25, 0.3) is 5.91 Å². The molecule has 1 amide bonds. The van der Waals surface area contributed by atoms with Crippen LogP contribution in [0.5, 0.6) is 11.6 Å². The lowest BCUT2D eigenvalue weighted by Crippen LogP contribution is -2.26. The third-order valence-corrected chi connectivity index (χ3v) is 6.10. The number of amides is 1. The third kappa shape index (κ3) is 4.78. The Labute approximate surface area is 209 Å². The number of fused-ring (bicyclic) bond motifs is 1. The molecule has 0 aliphatic carbocycles. The van der Waals surface area contributed by atoms with E-state index >= 15 is 0 Å². The smallest absolute Gasteiger partial charge is 0.416 e. The lowest BCUT2D eigenvalue weighted by atomic mass is 10.0.